The zero-order valence-electron chi connectivity index (χ0n) is 15.6. The van der Waals surface area contributed by atoms with Crippen LogP contribution in [0.2, 0.25) is 0 Å². The first-order valence-electron chi connectivity index (χ1n) is 9.53. The number of rotatable bonds is 7. The monoisotopic (exact) mass is 366 g/mol. The number of nitrogens with zero attached hydrogens (tertiary/aromatic N) is 1. The van der Waals surface area contributed by atoms with Crippen LogP contribution in [0.1, 0.15) is 43.4 Å². The van der Waals surface area contributed by atoms with Gasteiger partial charge in [0.15, 0.2) is 0 Å². The van der Waals surface area contributed by atoms with E-state index in [0.29, 0.717) is 11.7 Å². The minimum atomic E-state index is -0.300. The summed E-state index contributed by atoms with van der Waals surface area (Å²) < 4.78 is 5.14. The Balaban J connectivity index is 1.57. The maximum Gasteiger partial charge on any atom is 0.244 e. The Kier molecular flexibility index (Phi) is 6.47. The molecule has 1 aromatic heterocycles. The second-order valence-electron chi connectivity index (χ2n) is 6.79. The summed E-state index contributed by atoms with van der Waals surface area (Å²) in [5.41, 5.74) is 1.27. The van der Waals surface area contributed by atoms with Gasteiger partial charge in [-0.25, -0.2) is 0 Å². The van der Waals surface area contributed by atoms with Gasteiger partial charge >= 0.3 is 0 Å². The first kappa shape index (κ1) is 19.0. The molecular weight excluding hydrogens is 340 g/mol. The molecule has 1 N–H and O–H groups in total. The fraction of sp³-hybridized carbons (Fsp3) is 0.364. The number of furan rings is 1. The number of carbonyl (C=O) groups excluding carboxylic acids is 2. The van der Waals surface area contributed by atoms with Crippen molar-refractivity contribution in [2.24, 2.45) is 0 Å². The predicted molar refractivity (Wildman–Crippen MR) is 105 cm³/mol. The van der Waals surface area contributed by atoms with Gasteiger partial charge in [-0.05, 0) is 43.0 Å². The fourth-order valence-electron chi connectivity index (χ4n) is 3.82. The van der Waals surface area contributed by atoms with E-state index in [0.717, 1.165) is 25.8 Å². The van der Waals surface area contributed by atoms with E-state index >= 15 is 0 Å². The molecule has 0 spiro atoms. The van der Waals surface area contributed by atoms with Gasteiger partial charge in [0, 0.05) is 24.6 Å². The van der Waals surface area contributed by atoms with Crippen molar-refractivity contribution in [3.63, 3.8) is 0 Å². The molecule has 1 aromatic carbocycles. The summed E-state index contributed by atoms with van der Waals surface area (Å²) in [6.45, 7) is 2.94. The number of nitrogens with one attached hydrogen (secondary N) is 1. The molecule has 3 rings (SSSR count). The van der Waals surface area contributed by atoms with Crippen molar-refractivity contribution in [2.45, 2.75) is 38.1 Å². The minimum absolute atomic E-state index is 0.0169. The number of amides is 2. The molecule has 0 aliphatic carbocycles. The Morgan fingerprint density at radius 1 is 1.26 bits per heavy atom. The van der Waals surface area contributed by atoms with E-state index in [1.807, 2.05) is 23.1 Å². The molecule has 2 heterocycles. The van der Waals surface area contributed by atoms with Crippen LogP contribution in [0, 0.1) is 0 Å². The van der Waals surface area contributed by atoms with Crippen LogP contribution in [0.5, 0.6) is 0 Å². The van der Waals surface area contributed by atoms with Crippen LogP contribution < -0.4 is 5.32 Å². The molecular formula is C22H26N2O3. The van der Waals surface area contributed by atoms with Crippen LogP contribution in [0.4, 0.5) is 0 Å². The summed E-state index contributed by atoms with van der Waals surface area (Å²) in [4.78, 5) is 26.6. The molecule has 0 unspecified atom stereocenters. The molecule has 5 heteroatoms. The third kappa shape index (κ3) is 4.88. The van der Waals surface area contributed by atoms with E-state index < -0.39 is 0 Å². The van der Waals surface area contributed by atoms with Gasteiger partial charge in [0.1, 0.15) is 5.76 Å². The lowest BCUT2D eigenvalue weighted by molar-refractivity contribution is -0.133. The third-order valence-corrected chi connectivity index (χ3v) is 5.11. The molecule has 0 bridgehead atoms. The average molecular weight is 366 g/mol. The zero-order valence-corrected chi connectivity index (χ0v) is 15.6. The lowest BCUT2D eigenvalue weighted by atomic mass is 9.87. The normalized spacial score (nSPS) is 18.0. The van der Waals surface area contributed by atoms with Crippen molar-refractivity contribution in [3.05, 3.63) is 66.1 Å². The minimum Gasteiger partial charge on any atom is -0.465 e. The van der Waals surface area contributed by atoms with Gasteiger partial charge in [-0.1, -0.05) is 37.3 Å². The number of hydrogen-bond donors (Lipinski definition) is 1. The van der Waals surface area contributed by atoms with Gasteiger partial charge in [-0.2, -0.15) is 0 Å². The van der Waals surface area contributed by atoms with Crippen LogP contribution >= 0.6 is 0 Å². The molecule has 1 fully saturated rings. The molecule has 27 heavy (non-hydrogen) atoms. The van der Waals surface area contributed by atoms with Crippen molar-refractivity contribution in [1.82, 2.24) is 10.2 Å². The molecule has 142 valence electrons. The highest BCUT2D eigenvalue weighted by atomic mass is 16.3. The van der Waals surface area contributed by atoms with Gasteiger partial charge in [0.25, 0.3) is 0 Å². The summed E-state index contributed by atoms with van der Waals surface area (Å²) in [6.07, 6.45) is 7.51. The van der Waals surface area contributed by atoms with E-state index in [1.54, 1.807) is 24.5 Å². The molecule has 0 radical (unpaired) electrons. The smallest absolute Gasteiger partial charge is 0.244 e. The highest BCUT2D eigenvalue weighted by Crippen LogP contribution is 2.33. The highest BCUT2D eigenvalue weighted by Gasteiger charge is 2.34. The summed E-state index contributed by atoms with van der Waals surface area (Å²) in [7, 11) is 0. The molecule has 5 nitrogen and oxygen atoms in total. The molecule has 2 amide bonds. The van der Waals surface area contributed by atoms with E-state index in [2.05, 4.69) is 24.4 Å². The number of hydrogen-bond acceptors (Lipinski definition) is 3. The molecule has 2 atom stereocenters. The van der Waals surface area contributed by atoms with Gasteiger partial charge in [0.2, 0.25) is 11.8 Å². The Morgan fingerprint density at radius 2 is 2.07 bits per heavy atom. The van der Waals surface area contributed by atoms with Crippen LogP contribution in [-0.4, -0.2) is 35.8 Å². The molecule has 2 aromatic rings. The second kappa shape index (κ2) is 9.21. The number of likely N-dealkylation sites (tertiary alicyclic amines) is 1. The van der Waals surface area contributed by atoms with Crippen molar-refractivity contribution in [1.29, 1.82) is 0 Å². The quantitative estimate of drug-likeness (QED) is 0.762. The van der Waals surface area contributed by atoms with Crippen LogP contribution in [0.15, 0.2) is 59.2 Å². The van der Waals surface area contributed by atoms with E-state index in [4.69, 9.17) is 4.42 Å². The largest absolute Gasteiger partial charge is 0.465 e. The van der Waals surface area contributed by atoms with E-state index in [1.165, 1.54) is 11.6 Å². The summed E-state index contributed by atoms with van der Waals surface area (Å²) in [5, 5.41) is 2.68. The Morgan fingerprint density at radius 3 is 2.78 bits per heavy atom. The summed E-state index contributed by atoms with van der Waals surface area (Å²) >= 11 is 0. The highest BCUT2D eigenvalue weighted by molar-refractivity contribution is 5.94. The average Bonchev–Trinajstić information content (AvgIpc) is 3.38. The zero-order chi connectivity index (χ0) is 19.1. The Bertz CT molecular complexity index is 768. The van der Waals surface area contributed by atoms with Crippen molar-refractivity contribution < 1.29 is 14.0 Å². The SMILES string of the molecule is CC[C@H](c1ccccc1)[C@H]1CCCN1C(=O)CNC(=O)/C=C\c1ccco1. The third-order valence-electron chi connectivity index (χ3n) is 5.11. The maximum absolute atomic E-state index is 12.7. The maximum atomic E-state index is 12.7. The molecule has 0 saturated carbocycles. The van der Waals surface area contributed by atoms with Gasteiger partial charge < -0.3 is 14.6 Å². The van der Waals surface area contributed by atoms with Gasteiger partial charge in [-0.3, -0.25) is 9.59 Å². The van der Waals surface area contributed by atoms with Gasteiger partial charge in [-0.15, -0.1) is 0 Å². The topological polar surface area (TPSA) is 62.6 Å². The summed E-state index contributed by atoms with van der Waals surface area (Å²) in [6, 6.07) is 14.1. The van der Waals surface area contributed by atoms with E-state index in [9.17, 15) is 9.59 Å². The van der Waals surface area contributed by atoms with Crippen LogP contribution in [-0.2, 0) is 9.59 Å². The first-order chi connectivity index (χ1) is 13.2. The molecule has 1 saturated heterocycles. The van der Waals surface area contributed by atoms with E-state index in [-0.39, 0.29) is 24.4 Å². The number of carbonyl (C=O) groups is 2. The standard InChI is InChI=1S/C22H26N2O3/c1-2-19(17-8-4-3-5-9-17)20-11-6-14-24(20)22(26)16-23-21(25)13-12-18-10-7-15-27-18/h3-5,7-10,12-13,15,19-20H,2,6,11,14,16H2,1H3,(H,23,25)/b13-12-/t19-,20-/m1/s1. The predicted octanol–water partition coefficient (Wildman–Crippen LogP) is 3.59. The molecule has 1 aliphatic heterocycles. The molecule has 1 aliphatic rings. The lowest BCUT2D eigenvalue weighted by Crippen LogP contribution is -2.44. The van der Waals surface area contributed by atoms with Crippen molar-refractivity contribution in [3.8, 4) is 0 Å². The number of benzene rings is 1. The first-order valence-corrected chi connectivity index (χ1v) is 9.53. The van der Waals surface area contributed by atoms with Crippen LogP contribution in [0.3, 0.4) is 0 Å². The summed E-state index contributed by atoms with van der Waals surface area (Å²) in [5.74, 6) is 0.606. The fourth-order valence-corrected chi connectivity index (χ4v) is 3.82. The lowest BCUT2D eigenvalue weighted by Gasteiger charge is -2.31. The van der Waals surface area contributed by atoms with Crippen LogP contribution in [0.25, 0.3) is 6.08 Å². The van der Waals surface area contributed by atoms with Crippen molar-refractivity contribution in [2.75, 3.05) is 13.1 Å². The Labute approximate surface area is 160 Å². The van der Waals surface area contributed by atoms with Gasteiger partial charge in [0.05, 0.1) is 12.8 Å². The Hall–Kier alpha value is -2.82. The second-order valence-corrected chi connectivity index (χ2v) is 6.79. The van der Waals surface area contributed by atoms with Crippen molar-refractivity contribution >= 4 is 17.9 Å².